The number of carbonyl (C=O) groups is 2. The Balaban J connectivity index is 2.38. The number of hydrogen-bond acceptors (Lipinski definition) is 4. The Morgan fingerprint density at radius 1 is 1.15 bits per heavy atom. The van der Waals surface area contributed by atoms with Crippen LogP contribution in [0.1, 0.15) is 85.8 Å². The van der Waals surface area contributed by atoms with Gasteiger partial charge in [-0.15, -0.1) is 0 Å². The van der Waals surface area contributed by atoms with Gasteiger partial charge in [0.05, 0.1) is 11.6 Å². The number of hydrogen-bond donors (Lipinski definition) is 0. The first-order valence-electron chi connectivity index (χ1n) is 10.2. The van der Waals surface area contributed by atoms with Gasteiger partial charge in [0.25, 0.3) is 5.52 Å². The second-order valence-electron chi connectivity index (χ2n) is 8.07. The summed E-state index contributed by atoms with van der Waals surface area (Å²) in [5, 5.41) is 0. The van der Waals surface area contributed by atoms with Crippen LogP contribution in [-0.4, -0.2) is 17.2 Å². The summed E-state index contributed by atoms with van der Waals surface area (Å²) in [7, 11) is -3.78. The van der Waals surface area contributed by atoms with Gasteiger partial charge in [0.1, 0.15) is 0 Å². The second-order valence-corrected chi connectivity index (χ2v) is 10.6. The fraction of sp³-hybridized carbons (Fsp3) is 0.636. The maximum absolute atomic E-state index is 13.9. The van der Waals surface area contributed by atoms with Crippen molar-refractivity contribution in [1.82, 2.24) is 0 Å². The van der Waals surface area contributed by atoms with Gasteiger partial charge >= 0.3 is 13.3 Å². The molecule has 4 nitrogen and oxygen atoms in total. The lowest BCUT2D eigenvalue weighted by atomic mass is 10.0. The maximum Gasteiger partial charge on any atom is 0.321 e. The summed E-state index contributed by atoms with van der Waals surface area (Å²) in [6.07, 6.45) is 5.81. The third-order valence-corrected chi connectivity index (χ3v) is 8.32. The van der Waals surface area contributed by atoms with Gasteiger partial charge in [-0.2, -0.15) is 0 Å². The monoisotopic (exact) mass is 392 g/mol. The third-order valence-electron chi connectivity index (χ3n) is 5.60. The average molecular weight is 392 g/mol. The van der Waals surface area contributed by atoms with Gasteiger partial charge in [-0.25, -0.2) is 0 Å². The molecule has 2 unspecified atom stereocenters. The van der Waals surface area contributed by atoms with E-state index in [4.69, 9.17) is 4.52 Å². The molecule has 1 aromatic carbocycles. The summed E-state index contributed by atoms with van der Waals surface area (Å²) in [4.78, 5) is 26.1. The fourth-order valence-corrected chi connectivity index (χ4v) is 6.77. The van der Waals surface area contributed by atoms with Crippen molar-refractivity contribution in [2.24, 2.45) is 5.92 Å². The van der Waals surface area contributed by atoms with Gasteiger partial charge in [0.2, 0.25) is 0 Å². The highest BCUT2D eigenvalue weighted by Crippen LogP contribution is 2.60. The molecule has 0 heterocycles. The van der Waals surface area contributed by atoms with Crippen molar-refractivity contribution in [1.29, 1.82) is 0 Å². The van der Waals surface area contributed by atoms with Gasteiger partial charge in [-0.05, 0) is 51.2 Å². The zero-order valence-electron chi connectivity index (χ0n) is 17.3. The van der Waals surface area contributed by atoms with Crippen molar-refractivity contribution in [3.63, 3.8) is 0 Å². The highest BCUT2D eigenvalue weighted by atomic mass is 31.2. The predicted molar refractivity (Wildman–Crippen MR) is 110 cm³/mol. The molecule has 1 aliphatic carbocycles. The van der Waals surface area contributed by atoms with Crippen LogP contribution in [0.25, 0.3) is 0 Å². The zero-order valence-corrected chi connectivity index (χ0v) is 18.2. The average Bonchev–Trinajstić information content (AvgIpc) is 3.13. The van der Waals surface area contributed by atoms with E-state index in [9.17, 15) is 14.2 Å². The Kier molecular flexibility index (Phi) is 7.45. The zero-order chi connectivity index (χ0) is 20.2. The van der Waals surface area contributed by atoms with Crippen LogP contribution < -0.4 is 0 Å². The maximum atomic E-state index is 13.9. The van der Waals surface area contributed by atoms with Crippen LogP contribution in [-0.2, 0) is 13.9 Å². The normalized spacial score (nSPS) is 18.1. The van der Waals surface area contributed by atoms with Crippen molar-refractivity contribution in [3.8, 4) is 0 Å². The highest BCUT2D eigenvalue weighted by Gasteiger charge is 2.47. The second kappa shape index (κ2) is 9.19. The molecule has 1 aliphatic rings. The molecule has 0 aromatic heterocycles. The molecule has 27 heavy (non-hydrogen) atoms. The topological polar surface area (TPSA) is 60.4 Å². The molecule has 1 aromatic rings. The first-order chi connectivity index (χ1) is 12.7. The quantitative estimate of drug-likeness (QED) is 0.484. The van der Waals surface area contributed by atoms with Crippen LogP contribution >= 0.6 is 7.37 Å². The van der Waals surface area contributed by atoms with E-state index in [1.807, 2.05) is 32.9 Å². The van der Waals surface area contributed by atoms with Crippen LogP contribution in [0, 0.1) is 26.7 Å². The Morgan fingerprint density at radius 2 is 1.70 bits per heavy atom. The Bertz CT molecular complexity index is 724. The molecule has 150 valence electrons. The molecule has 0 amide bonds. The first-order valence-corrected chi connectivity index (χ1v) is 11.9. The number of unbranched alkanes of at least 4 members (excludes halogenated alkanes) is 1. The standard InChI is InChI=1S/C22H33O4P/c1-6-7-10-16(3)21(23)26-27(25,19-11-8-9-12-19)22(24)20-17(4)13-15(2)14-18(20)5/h13-14,16,19H,6-12H2,1-5H3. The summed E-state index contributed by atoms with van der Waals surface area (Å²) in [6.45, 7) is 9.55. The SMILES string of the molecule is CCCCC(C)C(=O)OP(=O)(C(=O)c1c(C)cc(C)cc1C)C1CCCC1. The number of aryl methyl sites for hydroxylation is 3. The minimum absolute atomic E-state index is 0.340. The van der Waals surface area contributed by atoms with Crippen LogP contribution in [0.2, 0.25) is 0 Å². The molecule has 2 atom stereocenters. The predicted octanol–water partition coefficient (Wildman–Crippen LogP) is 6.34. The van der Waals surface area contributed by atoms with Gasteiger partial charge in [-0.3, -0.25) is 14.2 Å². The number of carbonyl (C=O) groups excluding carboxylic acids is 2. The first kappa shape index (κ1) is 21.9. The van der Waals surface area contributed by atoms with Gasteiger partial charge in [0, 0.05) is 5.56 Å². The molecule has 5 heteroatoms. The molecular weight excluding hydrogens is 359 g/mol. The molecule has 0 N–H and O–H groups in total. The largest absolute Gasteiger partial charge is 0.405 e. The van der Waals surface area contributed by atoms with E-state index in [0.29, 0.717) is 24.8 Å². The van der Waals surface area contributed by atoms with E-state index in [0.717, 1.165) is 42.4 Å². The summed E-state index contributed by atoms with van der Waals surface area (Å²) in [5.74, 6) is -0.831. The van der Waals surface area contributed by atoms with Crippen molar-refractivity contribution in [3.05, 3.63) is 34.4 Å². The van der Waals surface area contributed by atoms with E-state index < -0.39 is 18.9 Å². The van der Waals surface area contributed by atoms with Gasteiger partial charge < -0.3 is 4.52 Å². The molecule has 0 radical (unpaired) electrons. The van der Waals surface area contributed by atoms with E-state index in [1.165, 1.54) is 0 Å². The smallest absolute Gasteiger partial charge is 0.321 e. The summed E-state index contributed by atoms with van der Waals surface area (Å²) in [6, 6.07) is 3.84. The van der Waals surface area contributed by atoms with Crippen LogP contribution in [0.3, 0.4) is 0 Å². The molecule has 1 fully saturated rings. The number of benzene rings is 1. The van der Waals surface area contributed by atoms with Gasteiger partial charge in [-0.1, -0.05) is 57.2 Å². The van der Waals surface area contributed by atoms with Crippen molar-refractivity contribution in [2.45, 2.75) is 85.2 Å². The van der Waals surface area contributed by atoms with Crippen LogP contribution in [0.5, 0.6) is 0 Å². The summed E-state index contributed by atoms with van der Waals surface area (Å²) in [5.41, 5.74) is 2.30. The lowest BCUT2D eigenvalue weighted by molar-refractivity contribution is -0.138. The van der Waals surface area contributed by atoms with Crippen LogP contribution in [0.4, 0.5) is 0 Å². The molecule has 1 saturated carbocycles. The lowest BCUT2D eigenvalue weighted by Crippen LogP contribution is -2.22. The third kappa shape index (κ3) is 4.90. The minimum atomic E-state index is -3.78. The molecular formula is C22H33O4P. The van der Waals surface area contributed by atoms with Crippen molar-refractivity contribution < 1.29 is 18.7 Å². The van der Waals surface area contributed by atoms with E-state index in [2.05, 4.69) is 6.92 Å². The Morgan fingerprint density at radius 3 is 2.22 bits per heavy atom. The Hall–Kier alpha value is -1.41. The van der Waals surface area contributed by atoms with E-state index in [-0.39, 0.29) is 11.6 Å². The summed E-state index contributed by atoms with van der Waals surface area (Å²) < 4.78 is 19.5. The molecule has 0 spiro atoms. The van der Waals surface area contributed by atoms with E-state index in [1.54, 1.807) is 6.92 Å². The number of rotatable bonds is 8. The summed E-state index contributed by atoms with van der Waals surface area (Å²) >= 11 is 0. The van der Waals surface area contributed by atoms with Crippen LogP contribution in [0.15, 0.2) is 12.1 Å². The molecule has 2 rings (SSSR count). The molecule has 0 bridgehead atoms. The lowest BCUT2D eigenvalue weighted by Gasteiger charge is -2.25. The van der Waals surface area contributed by atoms with E-state index >= 15 is 0 Å². The Labute approximate surface area is 163 Å². The fourth-order valence-electron chi connectivity index (χ4n) is 4.05. The van der Waals surface area contributed by atoms with Crippen molar-refractivity contribution >= 4 is 18.9 Å². The molecule has 0 aliphatic heterocycles. The minimum Gasteiger partial charge on any atom is -0.405 e. The highest BCUT2D eigenvalue weighted by molar-refractivity contribution is 7.78. The van der Waals surface area contributed by atoms with Crippen molar-refractivity contribution in [2.75, 3.05) is 0 Å². The molecule has 0 saturated heterocycles. The van der Waals surface area contributed by atoms with Gasteiger partial charge in [0.15, 0.2) is 0 Å².